The van der Waals surface area contributed by atoms with Crippen LogP contribution in [0, 0.1) is 5.92 Å². The van der Waals surface area contributed by atoms with Gasteiger partial charge in [0.1, 0.15) is 11.6 Å². The van der Waals surface area contributed by atoms with Crippen molar-refractivity contribution in [2.75, 3.05) is 11.5 Å². The molecule has 138 valence electrons. The van der Waals surface area contributed by atoms with Crippen molar-refractivity contribution in [3.63, 3.8) is 0 Å². The first-order chi connectivity index (χ1) is 13.1. The van der Waals surface area contributed by atoms with Gasteiger partial charge in [0, 0.05) is 23.1 Å². The maximum atomic E-state index is 12.6. The first-order valence-corrected chi connectivity index (χ1v) is 9.95. The van der Waals surface area contributed by atoms with E-state index in [4.69, 9.17) is 10.5 Å². The van der Waals surface area contributed by atoms with Crippen LogP contribution in [0.15, 0.2) is 42.5 Å². The van der Waals surface area contributed by atoms with Gasteiger partial charge in [0.05, 0.1) is 11.0 Å². The van der Waals surface area contributed by atoms with Crippen molar-refractivity contribution in [3.05, 3.63) is 48.0 Å². The minimum Gasteiger partial charge on any atom is -0.410 e. The number of nitrogens with zero attached hydrogens (tertiary/aromatic N) is 1. The molecule has 0 atom stereocenters. The van der Waals surface area contributed by atoms with E-state index in [-0.39, 0.29) is 11.7 Å². The lowest BCUT2D eigenvalue weighted by molar-refractivity contribution is 0.0913. The Morgan fingerprint density at radius 1 is 1.11 bits per heavy atom. The van der Waals surface area contributed by atoms with E-state index in [1.54, 1.807) is 18.2 Å². The number of ether oxygens (including phenoxy) is 1. The van der Waals surface area contributed by atoms with E-state index in [1.165, 1.54) is 0 Å². The molecular weight excluding hydrogens is 362 g/mol. The Kier molecular flexibility index (Phi) is 4.85. The van der Waals surface area contributed by atoms with Crippen LogP contribution in [0.25, 0.3) is 22.4 Å². The van der Waals surface area contributed by atoms with Crippen LogP contribution in [0.5, 0.6) is 5.75 Å². The van der Waals surface area contributed by atoms with Crippen LogP contribution in [-0.4, -0.2) is 33.4 Å². The monoisotopic (exact) mass is 381 g/mol. The number of aromatic amines is 1. The van der Waals surface area contributed by atoms with E-state index in [0.29, 0.717) is 17.1 Å². The molecule has 3 aromatic rings. The summed E-state index contributed by atoms with van der Waals surface area (Å²) in [5.74, 6) is 3.55. The zero-order valence-electron chi connectivity index (χ0n) is 14.6. The van der Waals surface area contributed by atoms with Gasteiger partial charge in [-0.3, -0.25) is 4.79 Å². The molecule has 3 N–H and O–H groups in total. The molecule has 1 aliphatic heterocycles. The number of H-pyrrole nitrogens is 1. The highest BCUT2D eigenvalue weighted by Crippen LogP contribution is 2.28. The second-order valence-electron chi connectivity index (χ2n) is 6.51. The zero-order valence-corrected chi connectivity index (χ0v) is 15.4. The van der Waals surface area contributed by atoms with Gasteiger partial charge in [-0.05, 0) is 36.5 Å². The number of amides is 1. The molecule has 1 fully saturated rings. The van der Waals surface area contributed by atoms with E-state index in [9.17, 15) is 9.59 Å². The molecule has 0 saturated carbocycles. The highest BCUT2D eigenvalue weighted by molar-refractivity contribution is 7.99. The number of benzene rings is 2. The van der Waals surface area contributed by atoms with Gasteiger partial charge >= 0.3 is 6.09 Å². The maximum absolute atomic E-state index is 12.6. The summed E-state index contributed by atoms with van der Waals surface area (Å²) in [7, 11) is 0. The molecule has 1 amide bonds. The Hall–Kier alpha value is -2.80. The van der Waals surface area contributed by atoms with Crippen LogP contribution in [0.1, 0.15) is 23.2 Å². The summed E-state index contributed by atoms with van der Waals surface area (Å²) >= 11 is 1.92. The average molecular weight is 381 g/mol. The third-order valence-corrected chi connectivity index (χ3v) is 5.76. The van der Waals surface area contributed by atoms with Crippen LogP contribution < -0.4 is 10.5 Å². The van der Waals surface area contributed by atoms with Gasteiger partial charge in [0.15, 0.2) is 5.78 Å². The van der Waals surface area contributed by atoms with Crippen molar-refractivity contribution >= 4 is 34.7 Å². The van der Waals surface area contributed by atoms with Crippen LogP contribution in [0.4, 0.5) is 4.79 Å². The van der Waals surface area contributed by atoms with Crippen LogP contribution in [0.3, 0.4) is 0 Å². The van der Waals surface area contributed by atoms with Crippen molar-refractivity contribution in [1.82, 2.24) is 9.97 Å². The lowest BCUT2D eigenvalue weighted by Crippen LogP contribution is -2.19. The number of rotatable bonds is 4. The van der Waals surface area contributed by atoms with Crippen molar-refractivity contribution in [2.24, 2.45) is 11.7 Å². The number of primary amides is 1. The van der Waals surface area contributed by atoms with E-state index < -0.39 is 6.09 Å². The number of imidazole rings is 1. The van der Waals surface area contributed by atoms with E-state index in [2.05, 4.69) is 9.97 Å². The summed E-state index contributed by atoms with van der Waals surface area (Å²) < 4.78 is 4.88. The molecule has 7 heteroatoms. The first-order valence-electron chi connectivity index (χ1n) is 8.79. The fourth-order valence-corrected chi connectivity index (χ4v) is 4.40. The van der Waals surface area contributed by atoms with Gasteiger partial charge < -0.3 is 15.5 Å². The molecular formula is C20H19N3O3S. The number of aromatic nitrogens is 2. The Bertz CT molecular complexity index is 991. The van der Waals surface area contributed by atoms with Crippen LogP contribution in [-0.2, 0) is 0 Å². The fourth-order valence-electron chi connectivity index (χ4n) is 3.29. The number of nitrogens with two attached hydrogens (primary N) is 1. The van der Waals surface area contributed by atoms with Crippen molar-refractivity contribution in [1.29, 1.82) is 0 Å². The van der Waals surface area contributed by atoms with Gasteiger partial charge in [0.25, 0.3) is 0 Å². The number of ketones is 1. The number of carbonyl (C=O) groups is 2. The number of carbonyl (C=O) groups excluding carboxylic acids is 2. The summed E-state index contributed by atoms with van der Waals surface area (Å²) in [5, 5.41) is 0. The van der Waals surface area contributed by atoms with Crippen molar-refractivity contribution in [2.45, 2.75) is 12.8 Å². The molecule has 6 nitrogen and oxygen atoms in total. The second-order valence-corrected chi connectivity index (χ2v) is 7.74. The number of hydrogen-bond donors (Lipinski definition) is 2. The molecule has 1 aromatic heterocycles. The molecule has 0 aliphatic carbocycles. The number of hydrogen-bond acceptors (Lipinski definition) is 5. The highest BCUT2D eigenvalue weighted by atomic mass is 32.2. The highest BCUT2D eigenvalue weighted by Gasteiger charge is 2.22. The number of fused-ring (bicyclic) bond motifs is 1. The third-order valence-electron chi connectivity index (χ3n) is 4.71. The zero-order chi connectivity index (χ0) is 18.8. The molecule has 2 heterocycles. The largest absolute Gasteiger partial charge is 0.410 e. The Labute approximate surface area is 160 Å². The summed E-state index contributed by atoms with van der Waals surface area (Å²) in [4.78, 5) is 31.3. The number of thioether (sulfide) groups is 1. The molecule has 0 radical (unpaired) electrons. The summed E-state index contributed by atoms with van der Waals surface area (Å²) in [6.45, 7) is 0. The topological polar surface area (TPSA) is 98.1 Å². The quantitative estimate of drug-likeness (QED) is 0.665. The Morgan fingerprint density at radius 2 is 1.85 bits per heavy atom. The van der Waals surface area contributed by atoms with Gasteiger partial charge in [0.2, 0.25) is 0 Å². The SMILES string of the molecule is NC(=O)Oc1ccc2[nH]c(-c3ccc(C(=O)C4CCSCC4)cc3)nc2c1. The molecule has 2 aromatic carbocycles. The Balaban J connectivity index is 1.56. The number of Topliss-reactive ketones (excluding diaryl/α,β-unsaturated/α-hetero) is 1. The predicted molar refractivity (Wildman–Crippen MR) is 106 cm³/mol. The molecule has 0 bridgehead atoms. The van der Waals surface area contributed by atoms with Crippen molar-refractivity contribution < 1.29 is 14.3 Å². The van der Waals surface area contributed by atoms with E-state index in [1.807, 2.05) is 36.0 Å². The van der Waals surface area contributed by atoms with E-state index in [0.717, 1.165) is 41.0 Å². The first kappa shape index (κ1) is 17.6. The normalized spacial score (nSPS) is 15.0. The molecule has 27 heavy (non-hydrogen) atoms. The fraction of sp³-hybridized carbons (Fsp3) is 0.250. The van der Waals surface area contributed by atoms with Crippen LogP contribution >= 0.6 is 11.8 Å². The van der Waals surface area contributed by atoms with Gasteiger partial charge in [-0.2, -0.15) is 11.8 Å². The van der Waals surface area contributed by atoms with E-state index >= 15 is 0 Å². The van der Waals surface area contributed by atoms with Crippen molar-refractivity contribution in [3.8, 4) is 17.1 Å². The van der Waals surface area contributed by atoms with Gasteiger partial charge in [-0.15, -0.1) is 0 Å². The van der Waals surface area contributed by atoms with Gasteiger partial charge in [-0.1, -0.05) is 24.3 Å². The smallest absolute Gasteiger partial charge is 0.409 e. The average Bonchev–Trinajstić information content (AvgIpc) is 3.11. The third kappa shape index (κ3) is 3.83. The lowest BCUT2D eigenvalue weighted by Gasteiger charge is -2.20. The Morgan fingerprint density at radius 3 is 2.56 bits per heavy atom. The second kappa shape index (κ2) is 7.44. The molecule has 0 unspecified atom stereocenters. The summed E-state index contributed by atoms with van der Waals surface area (Å²) in [6.07, 6.45) is 1.07. The molecule has 1 aliphatic rings. The summed E-state index contributed by atoms with van der Waals surface area (Å²) in [5.41, 5.74) is 8.17. The minimum atomic E-state index is -0.859. The number of nitrogens with one attached hydrogen (secondary N) is 1. The molecule has 4 rings (SSSR count). The maximum Gasteiger partial charge on any atom is 0.409 e. The molecule has 1 saturated heterocycles. The minimum absolute atomic E-state index is 0.145. The summed E-state index contributed by atoms with van der Waals surface area (Å²) in [6, 6.07) is 12.6. The predicted octanol–water partition coefficient (Wildman–Crippen LogP) is 4.01. The molecule has 0 spiro atoms. The standard InChI is InChI=1S/C20H19N3O3S/c21-20(25)26-15-5-6-16-17(11-15)23-19(22-16)14-3-1-12(2-4-14)18(24)13-7-9-27-10-8-13/h1-6,11,13H,7-10H2,(H2,21,25)(H,22,23). The lowest BCUT2D eigenvalue weighted by atomic mass is 9.92. The van der Waals surface area contributed by atoms with Crippen LogP contribution in [0.2, 0.25) is 0 Å². The van der Waals surface area contributed by atoms with Gasteiger partial charge in [-0.25, -0.2) is 9.78 Å².